The minimum atomic E-state index is 0.168. The number of hydrogen-bond donors (Lipinski definition) is 2. The van der Waals surface area contributed by atoms with Crippen molar-refractivity contribution >= 4 is 0 Å². The number of aromatic nitrogens is 3. The number of aryl methyl sites for hydroxylation is 1. The van der Waals surface area contributed by atoms with Crippen LogP contribution in [0.25, 0.3) is 0 Å². The predicted octanol–water partition coefficient (Wildman–Crippen LogP) is 1.68. The maximum absolute atomic E-state index is 5.55. The topological polar surface area (TPSA) is 68.8 Å². The molecule has 5 heteroatoms. The normalized spacial score (nSPS) is 12.9. The number of hydrazine groups is 1. The van der Waals surface area contributed by atoms with Crippen molar-refractivity contribution < 1.29 is 0 Å². The number of nitrogens with zero attached hydrogens (tertiary/aromatic N) is 3. The van der Waals surface area contributed by atoms with Gasteiger partial charge in [0.05, 0.1) is 17.9 Å². The summed E-state index contributed by atoms with van der Waals surface area (Å²) >= 11 is 0. The predicted molar refractivity (Wildman–Crippen MR) is 64.4 cm³/mol. The molecule has 16 heavy (non-hydrogen) atoms. The van der Waals surface area contributed by atoms with E-state index in [1.807, 2.05) is 7.05 Å². The summed E-state index contributed by atoms with van der Waals surface area (Å²) in [6.07, 6.45) is 9.21. The molecule has 1 atom stereocenters. The van der Waals surface area contributed by atoms with Crippen LogP contribution in [-0.2, 0) is 7.05 Å². The van der Waals surface area contributed by atoms with E-state index >= 15 is 0 Å². The zero-order valence-electron chi connectivity index (χ0n) is 10.3. The smallest absolute Gasteiger partial charge is 0.0766 e. The summed E-state index contributed by atoms with van der Waals surface area (Å²) in [5, 5.41) is 7.78. The fraction of sp³-hybridized carbons (Fsp3) is 0.818. The molecular weight excluding hydrogens is 202 g/mol. The Morgan fingerprint density at radius 3 is 2.69 bits per heavy atom. The average molecular weight is 225 g/mol. The Hall–Kier alpha value is -0.940. The molecule has 5 nitrogen and oxygen atoms in total. The van der Waals surface area contributed by atoms with Gasteiger partial charge in [-0.15, -0.1) is 5.10 Å². The summed E-state index contributed by atoms with van der Waals surface area (Å²) in [4.78, 5) is 0. The molecule has 3 N–H and O–H groups in total. The van der Waals surface area contributed by atoms with Crippen LogP contribution < -0.4 is 11.3 Å². The van der Waals surface area contributed by atoms with Crippen LogP contribution in [0.4, 0.5) is 0 Å². The molecule has 0 aliphatic heterocycles. The van der Waals surface area contributed by atoms with E-state index < -0.39 is 0 Å². The highest BCUT2D eigenvalue weighted by Gasteiger charge is 2.13. The van der Waals surface area contributed by atoms with Gasteiger partial charge in [-0.1, -0.05) is 44.2 Å². The van der Waals surface area contributed by atoms with E-state index in [4.69, 9.17) is 5.84 Å². The van der Waals surface area contributed by atoms with E-state index in [-0.39, 0.29) is 6.04 Å². The monoisotopic (exact) mass is 225 g/mol. The Labute approximate surface area is 97.4 Å². The van der Waals surface area contributed by atoms with Crippen molar-refractivity contribution in [1.82, 2.24) is 20.4 Å². The van der Waals surface area contributed by atoms with Crippen molar-refractivity contribution in [1.29, 1.82) is 0 Å². The molecule has 0 bridgehead atoms. The molecule has 0 saturated carbocycles. The highest BCUT2D eigenvalue weighted by atomic mass is 15.4. The number of nitrogens with one attached hydrogen (secondary N) is 1. The first-order valence-electron chi connectivity index (χ1n) is 6.10. The van der Waals surface area contributed by atoms with Gasteiger partial charge in [0.15, 0.2) is 0 Å². The molecule has 0 aliphatic carbocycles. The zero-order chi connectivity index (χ0) is 11.8. The van der Waals surface area contributed by atoms with E-state index in [9.17, 15) is 0 Å². The molecular formula is C11H23N5. The summed E-state index contributed by atoms with van der Waals surface area (Å²) in [5.41, 5.74) is 3.89. The number of nitrogens with two attached hydrogens (primary N) is 1. The summed E-state index contributed by atoms with van der Waals surface area (Å²) in [7, 11) is 1.89. The van der Waals surface area contributed by atoms with Crippen molar-refractivity contribution in [3.05, 3.63) is 11.9 Å². The molecule has 1 unspecified atom stereocenters. The molecule has 0 spiro atoms. The Morgan fingerprint density at radius 2 is 2.12 bits per heavy atom. The van der Waals surface area contributed by atoms with Crippen molar-refractivity contribution in [2.75, 3.05) is 0 Å². The van der Waals surface area contributed by atoms with Gasteiger partial charge in [-0.05, 0) is 6.42 Å². The standard InChI is InChI=1S/C11H23N5/c1-3-4-5-6-7-8-10(14-12)11-9-13-15-16(11)2/h9-10,14H,3-8,12H2,1-2H3. The van der Waals surface area contributed by atoms with Gasteiger partial charge in [-0.25, -0.2) is 0 Å². The molecule has 1 aromatic heterocycles. The summed E-state index contributed by atoms with van der Waals surface area (Å²) < 4.78 is 1.77. The second kappa shape index (κ2) is 7.35. The van der Waals surface area contributed by atoms with E-state index in [0.29, 0.717) is 0 Å². The molecule has 0 aromatic carbocycles. The fourth-order valence-electron chi connectivity index (χ4n) is 1.88. The van der Waals surface area contributed by atoms with Crippen LogP contribution in [0, 0.1) is 0 Å². The van der Waals surface area contributed by atoms with Crippen LogP contribution >= 0.6 is 0 Å². The lowest BCUT2D eigenvalue weighted by Gasteiger charge is -2.15. The largest absolute Gasteiger partial charge is 0.271 e. The van der Waals surface area contributed by atoms with Crippen LogP contribution in [0.2, 0.25) is 0 Å². The van der Waals surface area contributed by atoms with Gasteiger partial charge >= 0.3 is 0 Å². The summed E-state index contributed by atoms with van der Waals surface area (Å²) in [6.45, 7) is 2.23. The molecule has 0 aliphatic rings. The third kappa shape index (κ3) is 3.90. The molecule has 1 rings (SSSR count). The zero-order valence-corrected chi connectivity index (χ0v) is 10.3. The first-order chi connectivity index (χ1) is 7.79. The Bertz CT molecular complexity index is 284. The van der Waals surface area contributed by atoms with Gasteiger partial charge in [-0.2, -0.15) is 0 Å². The summed E-state index contributed by atoms with van der Waals surface area (Å²) in [6, 6.07) is 0.168. The SMILES string of the molecule is CCCCCCCC(NN)c1cnnn1C. The van der Waals surface area contributed by atoms with Gasteiger partial charge in [-0.3, -0.25) is 16.0 Å². The Morgan fingerprint density at radius 1 is 1.38 bits per heavy atom. The van der Waals surface area contributed by atoms with Crippen LogP contribution in [0.5, 0.6) is 0 Å². The van der Waals surface area contributed by atoms with E-state index in [1.54, 1.807) is 10.9 Å². The molecule has 1 heterocycles. The number of rotatable bonds is 8. The van der Waals surface area contributed by atoms with Crippen LogP contribution in [0.15, 0.2) is 6.20 Å². The highest BCUT2D eigenvalue weighted by Crippen LogP contribution is 2.17. The van der Waals surface area contributed by atoms with Crippen molar-refractivity contribution in [2.24, 2.45) is 12.9 Å². The average Bonchev–Trinajstić information content (AvgIpc) is 2.70. The highest BCUT2D eigenvalue weighted by molar-refractivity contribution is 5.00. The van der Waals surface area contributed by atoms with Crippen LogP contribution in [0.1, 0.15) is 57.2 Å². The fourth-order valence-corrected chi connectivity index (χ4v) is 1.88. The first kappa shape index (κ1) is 13.1. The van der Waals surface area contributed by atoms with Gasteiger partial charge in [0.1, 0.15) is 0 Å². The third-order valence-corrected chi connectivity index (χ3v) is 2.90. The number of hydrogen-bond acceptors (Lipinski definition) is 4. The van der Waals surface area contributed by atoms with E-state index in [0.717, 1.165) is 12.1 Å². The lowest BCUT2D eigenvalue weighted by molar-refractivity contribution is 0.452. The van der Waals surface area contributed by atoms with Gasteiger partial charge in [0.25, 0.3) is 0 Å². The first-order valence-corrected chi connectivity index (χ1v) is 6.10. The van der Waals surface area contributed by atoms with Gasteiger partial charge in [0, 0.05) is 7.05 Å². The minimum absolute atomic E-state index is 0.168. The molecule has 0 fully saturated rings. The second-order valence-corrected chi connectivity index (χ2v) is 4.20. The second-order valence-electron chi connectivity index (χ2n) is 4.20. The molecule has 1 aromatic rings. The minimum Gasteiger partial charge on any atom is -0.271 e. The van der Waals surface area contributed by atoms with Crippen molar-refractivity contribution in [3.63, 3.8) is 0 Å². The number of unbranched alkanes of at least 4 members (excludes halogenated alkanes) is 4. The lowest BCUT2D eigenvalue weighted by Crippen LogP contribution is -2.29. The van der Waals surface area contributed by atoms with Crippen LogP contribution in [0.3, 0.4) is 0 Å². The van der Waals surface area contributed by atoms with Crippen molar-refractivity contribution in [3.8, 4) is 0 Å². The van der Waals surface area contributed by atoms with Crippen molar-refractivity contribution in [2.45, 2.75) is 51.5 Å². The molecule has 0 amide bonds. The van der Waals surface area contributed by atoms with Gasteiger partial charge in [0.2, 0.25) is 0 Å². The summed E-state index contributed by atoms with van der Waals surface area (Å²) in [5.74, 6) is 5.55. The van der Waals surface area contributed by atoms with E-state index in [1.165, 1.54) is 32.1 Å². The maximum Gasteiger partial charge on any atom is 0.0766 e. The van der Waals surface area contributed by atoms with Gasteiger partial charge < -0.3 is 0 Å². The lowest BCUT2D eigenvalue weighted by atomic mass is 10.0. The van der Waals surface area contributed by atoms with E-state index in [2.05, 4.69) is 22.7 Å². The molecule has 0 saturated heterocycles. The Balaban J connectivity index is 2.30. The third-order valence-electron chi connectivity index (χ3n) is 2.90. The van der Waals surface area contributed by atoms with Crippen LogP contribution in [-0.4, -0.2) is 15.0 Å². The quantitative estimate of drug-likeness (QED) is 0.401. The maximum atomic E-state index is 5.55. The molecule has 0 radical (unpaired) electrons. The Kier molecular flexibility index (Phi) is 6.03. The molecule has 92 valence electrons.